The second kappa shape index (κ2) is 5.42. The van der Waals surface area contributed by atoms with Crippen LogP contribution in [0, 0.1) is 0 Å². The van der Waals surface area contributed by atoms with E-state index in [9.17, 15) is 4.79 Å². The summed E-state index contributed by atoms with van der Waals surface area (Å²) in [7, 11) is 0. The molecule has 104 valence electrons. The van der Waals surface area contributed by atoms with Gasteiger partial charge in [-0.15, -0.1) is 0 Å². The van der Waals surface area contributed by atoms with Crippen molar-refractivity contribution < 1.29 is 4.79 Å². The van der Waals surface area contributed by atoms with Gasteiger partial charge in [0.1, 0.15) is 23.5 Å². The molecule has 1 saturated heterocycles. The van der Waals surface area contributed by atoms with Crippen molar-refractivity contribution in [3.8, 4) is 0 Å². The van der Waals surface area contributed by atoms with E-state index in [1.807, 2.05) is 18.7 Å². The van der Waals surface area contributed by atoms with Crippen LogP contribution in [0.15, 0.2) is 6.07 Å². The number of hydrogen-bond donors (Lipinski definition) is 2. The van der Waals surface area contributed by atoms with Crippen LogP contribution in [0.2, 0.25) is 0 Å². The lowest BCUT2D eigenvalue weighted by molar-refractivity contribution is -0.119. The molecule has 1 unspecified atom stereocenters. The fourth-order valence-corrected chi connectivity index (χ4v) is 2.38. The quantitative estimate of drug-likeness (QED) is 0.848. The highest BCUT2D eigenvalue weighted by Crippen LogP contribution is 2.25. The molecule has 0 spiro atoms. The zero-order valence-electron chi connectivity index (χ0n) is 11.5. The van der Waals surface area contributed by atoms with Gasteiger partial charge in [0, 0.05) is 18.5 Å². The highest BCUT2D eigenvalue weighted by atomic mass is 16.1. The lowest BCUT2D eigenvalue weighted by Crippen LogP contribution is -2.48. The zero-order valence-corrected chi connectivity index (χ0v) is 11.5. The number of primary amides is 1. The number of nitrogen functional groups attached to an aromatic ring is 1. The van der Waals surface area contributed by atoms with Gasteiger partial charge in [0.25, 0.3) is 0 Å². The fraction of sp³-hybridized carbons (Fsp3) is 0.615. The lowest BCUT2D eigenvalue weighted by Gasteiger charge is -2.34. The zero-order chi connectivity index (χ0) is 14.0. The molecule has 1 aliphatic heterocycles. The third kappa shape index (κ3) is 2.94. The number of rotatable bonds is 3. The van der Waals surface area contributed by atoms with Crippen molar-refractivity contribution in [3.05, 3.63) is 11.9 Å². The summed E-state index contributed by atoms with van der Waals surface area (Å²) in [5.41, 5.74) is 11.3. The second-order valence-electron chi connectivity index (χ2n) is 5.27. The predicted molar refractivity (Wildman–Crippen MR) is 74.7 cm³/mol. The smallest absolute Gasteiger partial charge is 0.240 e. The number of hydrogen-bond acceptors (Lipinski definition) is 5. The van der Waals surface area contributed by atoms with Gasteiger partial charge in [-0.25, -0.2) is 9.97 Å². The molecule has 2 heterocycles. The number of amides is 1. The minimum Gasteiger partial charge on any atom is -0.384 e. The van der Waals surface area contributed by atoms with Gasteiger partial charge >= 0.3 is 0 Å². The van der Waals surface area contributed by atoms with Crippen LogP contribution in [-0.2, 0) is 4.79 Å². The first-order valence-electron chi connectivity index (χ1n) is 6.69. The SMILES string of the molecule is CC(C)c1nc(N)cc(N2CCCCC2C(N)=O)n1. The predicted octanol–water partition coefficient (Wildman–Crippen LogP) is 1.03. The molecule has 2 rings (SSSR count). The summed E-state index contributed by atoms with van der Waals surface area (Å²) in [5, 5.41) is 0. The summed E-state index contributed by atoms with van der Waals surface area (Å²) in [6, 6.07) is 1.43. The van der Waals surface area contributed by atoms with Gasteiger partial charge in [-0.2, -0.15) is 0 Å². The third-order valence-corrected chi connectivity index (χ3v) is 3.39. The van der Waals surface area contributed by atoms with Crippen LogP contribution in [0.5, 0.6) is 0 Å². The molecule has 0 aromatic carbocycles. The lowest BCUT2D eigenvalue weighted by atomic mass is 10.0. The van der Waals surface area contributed by atoms with E-state index in [-0.39, 0.29) is 17.9 Å². The van der Waals surface area contributed by atoms with Gasteiger partial charge in [-0.05, 0) is 19.3 Å². The topological polar surface area (TPSA) is 98.1 Å². The first kappa shape index (κ1) is 13.6. The van der Waals surface area contributed by atoms with E-state index < -0.39 is 0 Å². The number of carbonyl (C=O) groups excluding carboxylic acids is 1. The van der Waals surface area contributed by atoms with Gasteiger partial charge < -0.3 is 16.4 Å². The Labute approximate surface area is 113 Å². The van der Waals surface area contributed by atoms with Gasteiger partial charge in [0.15, 0.2) is 0 Å². The molecule has 6 heteroatoms. The van der Waals surface area contributed by atoms with Crippen molar-refractivity contribution in [1.29, 1.82) is 0 Å². The number of aromatic nitrogens is 2. The van der Waals surface area contributed by atoms with Crippen molar-refractivity contribution >= 4 is 17.5 Å². The summed E-state index contributed by atoms with van der Waals surface area (Å²) in [4.78, 5) is 22.2. The molecule has 0 saturated carbocycles. The molecule has 0 aliphatic carbocycles. The van der Waals surface area contributed by atoms with E-state index in [1.165, 1.54) is 0 Å². The second-order valence-corrected chi connectivity index (χ2v) is 5.27. The number of nitrogens with zero attached hydrogens (tertiary/aromatic N) is 3. The Balaban J connectivity index is 2.35. The molecule has 1 atom stereocenters. The van der Waals surface area contributed by atoms with E-state index >= 15 is 0 Å². The summed E-state index contributed by atoms with van der Waals surface area (Å²) < 4.78 is 0. The van der Waals surface area contributed by atoms with Crippen LogP contribution in [0.25, 0.3) is 0 Å². The average Bonchev–Trinajstić information content (AvgIpc) is 2.37. The molecule has 1 fully saturated rings. The Morgan fingerprint density at radius 1 is 1.42 bits per heavy atom. The Bertz CT molecular complexity index is 474. The minimum atomic E-state index is -0.303. The molecule has 6 nitrogen and oxygen atoms in total. The van der Waals surface area contributed by atoms with Crippen molar-refractivity contribution in [1.82, 2.24) is 9.97 Å². The van der Waals surface area contributed by atoms with Crippen molar-refractivity contribution in [2.45, 2.75) is 45.1 Å². The summed E-state index contributed by atoms with van der Waals surface area (Å²) in [6.45, 7) is 4.81. The molecular formula is C13H21N5O. The van der Waals surface area contributed by atoms with Crippen molar-refractivity contribution in [3.63, 3.8) is 0 Å². The first-order valence-corrected chi connectivity index (χ1v) is 6.69. The van der Waals surface area contributed by atoms with Crippen molar-refractivity contribution in [2.75, 3.05) is 17.2 Å². The maximum atomic E-state index is 11.5. The van der Waals surface area contributed by atoms with E-state index in [0.29, 0.717) is 17.5 Å². The minimum absolute atomic E-state index is 0.194. The normalized spacial score (nSPS) is 19.7. The highest BCUT2D eigenvalue weighted by Gasteiger charge is 2.28. The molecule has 4 N–H and O–H groups in total. The molecule has 1 aromatic rings. The molecule has 0 radical (unpaired) electrons. The molecule has 19 heavy (non-hydrogen) atoms. The number of carbonyl (C=O) groups is 1. The maximum absolute atomic E-state index is 11.5. The fourth-order valence-electron chi connectivity index (χ4n) is 2.38. The highest BCUT2D eigenvalue weighted by molar-refractivity contribution is 5.83. The van der Waals surface area contributed by atoms with Crippen LogP contribution < -0.4 is 16.4 Å². The molecule has 1 amide bonds. The van der Waals surface area contributed by atoms with Gasteiger partial charge in [0.2, 0.25) is 5.91 Å². The molecule has 0 bridgehead atoms. The number of nitrogens with two attached hydrogens (primary N) is 2. The monoisotopic (exact) mass is 263 g/mol. The Hall–Kier alpha value is -1.85. The van der Waals surface area contributed by atoms with Crippen LogP contribution in [0.3, 0.4) is 0 Å². The van der Waals surface area contributed by atoms with Crippen molar-refractivity contribution in [2.24, 2.45) is 5.73 Å². The Morgan fingerprint density at radius 3 is 2.79 bits per heavy atom. The van der Waals surface area contributed by atoms with E-state index in [1.54, 1.807) is 6.07 Å². The summed E-state index contributed by atoms with van der Waals surface area (Å²) in [6.07, 6.45) is 2.82. The number of piperidine rings is 1. The third-order valence-electron chi connectivity index (χ3n) is 3.39. The largest absolute Gasteiger partial charge is 0.384 e. The Kier molecular flexibility index (Phi) is 3.87. The average molecular weight is 263 g/mol. The van der Waals surface area contributed by atoms with E-state index in [0.717, 1.165) is 25.8 Å². The maximum Gasteiger partial charge on any atom is 0.240 e. The molecule has 1 aliphatic rings. The van der Waals surface area contributed by atoms with E-state index in [2.05, 4.69) is 9.97 Å². The molecule has 1 aromatic heterocycles. The van der Waals surface area contributed by atoms with E-state index in [4.69, 9.17) is 11.5 Å². The van der Waals surface area contributed by atoms with Gasteiger partial charge in [-0.3, -0.25) is 4.79 Å². The van der Waals surface area contributed by atoms with Crippen LogP contribution in [-0.4, -0.2) is 28.5 Å². The first-order chi connectivity index (χ1) is 8.99. The molecular weight excluding hydrogens is 242 g/mol. The number of anilines is 2. The summed E-state index contributed by atoms with van der Waals surface area (Å²) >= 11 is 0. The van der Waals surface area contributed by atoms with Crippen LogP contribution >= 0.6 is 0 Å². The van der Waals surface area contributed by atoms with Crippen LogP contribution in [0.4, 0.5) is 11.6 Å². The van der Waals surface area contributed by atoms with Crippen LogP contribution in [0.1, 0.15) is 44.9 Å². The standard InChI is InChI=1S/C13H21N5O/c1-8(2)13-16-10(14)7-11(17-13)18-6-4-3-5-9(18)12(15)19/h7-9H,3-6H2,1-2H3,(H2,15,19)(H2,14,16,17). The van der Waals surface area contributed by atoms with Gasteiger partial charge in [0.05, 0.1) is 0 Å². The summed E-state index contributed by atoms with van der Waals surface area (Å²) in [5.74, 6) is 1.73. The Morgan fingerprint density at radius 2 is 2.16 bits per heavy atom. The van der Waals surface area contributed by atoms with Gasteiger partial charge in [-0.1, -0.05) is 13.8 Å².